The summed E-state index contributed by atoms with van der Waals surface area (Å²) < 4.78 is 7.35. The first-order chi connectivity index (χ1) is 12.7. The van der Waals surface area contributed by atoms with E-state index in [0.717, 1.165) is 28.0 Å². The van der Waals surface area contributed by atoms with E-state index in [1.165, 1.54) is 5.56 Å². The van der Waals surface area contributed by atoms with Crippen molar-refractivity contribution in [3.05, 3.63) is 59.1 Å². The van der Waals surface area contributed by atoms with E-state index >= 15 is 0 Å². The van der Waals surface area contributed by atoms with Crippen molar-refractivity contribution in [3.63, 3.8) is 0 Å². The fourth-order valence-electron chi connectivity index (χ4n) is 2.43. The average molecular weight is 390 g/mol. The van der Waals surface area contributed by atoms with E-state index in [4.69, 9.17) is 21.4 Å². The quantitative estimate of drug-likeness (QED) is 0.466. The lowest BCUT2D eigenvalue weighted by atomic mass is 10.1. The van der Waals surface area contributed by atoms with Crippen molar-refractivity contribution in [1.82, 2.24) is 14.8 Å². The molecule has 1 heterocycles. The topological polar surface area (TPSA) is 60.2 Å². The first-order valence-corrected chi connectivity index (χ1v) is 9.65. The van der Waals surface area contributed by atoms with Gasteiger partial charge in [-0.05, 0) is 31.2 Å². The Morgan fingerprint density at radius 1 is 1.04 bits per heavy atom. The van der Waals surface area contributed by atoms with Gasteiger partial charge in [-0.1, -0.05) is 53.2 Å². The number of rotatable bonds is 8. The second-order valence-corrected chi connectivity index (χ2v) is 7.17. The van der Waals surface area contributed by atoms with Gasteiger partial charge in [-0.2, -0.15) is 0 Å². The second kappa shape index (κ2) is 9.19. The Morgan fingerprint density at radius 2 is 1.77 bits per heavy atom. The lowest BCUT2D eigenvalue weighted by Gasteiger charge is -2.11. The van der Waals surface area contributed by atoms with Gasteiger partial charge in [0.2, 0.25) is 0 Å². The Morgan fingerprint density at radius 3 is 2.46 bits per heavy atom. The van der Waals surface area contributed by atoms with Crippen LogP contribution in [0.5, 0.6) is 0 Å². The molecule has 0 aliphatic heterocycles. The summed E-state index contributed by atoms with van der Waals surface area (Å²) in [6.07, 6.45) is 0. The zero-order chi connectivity index (χ0) is 18.4. The van der Waals surface area contributed by atoms with Gasteiger partial charge in [0.05, 0.1) is 19.8 Å². The molecule has 0 fully saturated rings. The van der Waals surface area contributed by atoms with Crippen LogP contribution in [-0.2, 0) is 4.74 Å². The number of halogens is 1. The summed E-state index contributed by atoms with van der Waals surface area (Å²) in [6, 6.07) is 15.8. The van der Waals surface area contributed by atoms with Crippen molar-refractivity contribution >= 4 is 23.4 Å². The predicted octanol–water partition coefficient (Wildman–Crippen LogP) is 4.00. The molecule has 3 aromatic rings. The number of ether oxygens (including phenoxy) is 1. The summed E-state index contributed by atoms with van der Waals surface area (Å²) in [4.78, 5) is 0. The van der Waals surface area contributed by atoms with Crippen molar-refractivity contribution in [2.75, 3.05) is 25.6 Å². The Balaban J connectivity index is 1.91. The number of aliphatic hydroxyl groups is 1. The zero-order valence-corrected chi connectivity index (χ0v) is 16.0. The molecule has 136 valence electrons. The molecule has 26 heavy (non-hydrogen) atoms. The third-order valence-electron chi connectivity index (χ3n) is 3.72. The highest BCUT2D eigenvalue weighted by Crippen LogP contribution is 2.28. The van der Waals surface area contributed by atoms with Gasteiger partial charge in [-0.15, -0.1) is 10.2 Å². The molecule has 1 N–H and O–H groups in total. The summed E-state index contributed by atoms with van der Waals surface area (Å²) in [5, 5.41) is 19.0. The summed E-state index contributed by atoms with van der Waals surface area (Å²) in [5.41, 5.74) is 3.15. The van der Waals surface area contributed by atoms with E-state index < -0.39 is 0 Å². The largest absolute Gasteiger partial charge is 0.394 e. The van der Waals surface area contributed by atoms with E-state index in [1.807, 2.05) is 41.0 Å². The Kier molecular flexibility index (Phi) is 6.68. The highest BCUT2D eigenvalue weighted by Gasteiger charge is 2.16. The van der Waals surface area contributed by atoms with Crippen LogP contribution in [0.4, 0.5) is 0 Å². The summed E-state index contributed by atoms with van der Waals surface area (Å²) >= 11 is 7.60. The summed E-state index contributed by atoms with van der Waals surface area (Å²) in [7, 11) is 0. The zero-order valence-electron chi connectivity index (χ0n) is 14.4. The Hall–Kier alpha value is -1.86. The van der Waals surface area contributed by atoms with Gasteiger partial charge in [0.1, 0.15) is 0 Å². The number of thioether (sulfide) groups is 1. The van der Waals surface area contributed by atoms with Gasteiger partial charge in [0, 0.05) is 22.0 Å². The molecule has 0 radical (unpaired) electrons. The lowest BCUT2D eigenvalue weighted by Crippen LogP contribution is -2.04. The number of benzene rings is 2. The number of aryl methyl sites for hydroxylation is 1. The van der Waals surface area contributed by atoms with E-state index in [9.17, 15) is 0 Å². The molecule has 0 amide bonds. The third kappa shape index (κ3) is 4.65. The van der Waals surface area contributed by atoms with E-state index in [0.29, 0.717) is 18.2 Å². The van der Waals surface area contributed by atoms with Crippen LogP contribution in [0.3, 0.4) is 0 Å². The molecule has 5 nitrogen and oxygen atoms in total. The molecule has 0 unspecified atom stereocenters. The van der Waals surface area contributed by atoms with Crippen LogP contribution in [-0.4, -0.2) is 45.4 Å². The molecule has 0 saturated heterocycles. The van der Waals surface area contributed by atoms with Crippen molar-refractivity contribution < 1.29 is 9.84 Å². The van der Waals surface area contributed by atoms with Crippen molar-refractivity contribution in [3.8, 4) is 17.1 Å². The van der Waals surface area contributed by atoms with Crippen molar-refractivity contribution in [1.29, 1.82) is 0 Å². The molecular weight excluding hydrogens is 370 g/mol. The molecule has 0 saturated carbocycles. The summed E-state index contributed by atoms with van der Waals surface area (Å²) in [5.74, 6) is 1.51. The van der Waals surface area contributed by atoms with Crippen LogP contribution in [0.2, 0.25) is 5.02 Å². The van der Waals surface area contributed by atoms with Crippen LogP contribution in [0.1, 0.15) is 5.56 Å². The number of aromatic nitrogens is 3. The molecule has 0 spiro atoms. The van der Waals surface area contributed by atoms with Gasteiger partial charge >= 0.3 is 0 Å². The number of hydrogen-bond donors (Lipinski definition) is 1. The predicted molar refractivity (Wildman–Crippen MR) is 105 cm³/mol. The van der Waals surface area contributed by atoms with Crippen LogP contribution < -0.4 is 0 Å². The molecule has 0 atom stereocenters. The summed E-state index contributed by atoms with van der Waals surface area (Å²) in [6.45, 7) is 2.97. The second-order valence-electron chi connectivity index (χ2n) is 5.67. The fraction of sp³-hybridized carbons (Fsp3) is 0.263. The van der Waals surface area contributed by atoms with Gasteiger partial charge in [0.15, 0.2) is 11.0 Å². The molecule has 2 aromatic carbocycles. The Labute approximate surface area is 162 Å². The Bertz CT molecular complexity index is 835. The maximum absolute atomic E-state index is 8.78. The minimum Gasteiger partial charge on any atom is -0.394 e. The van der Waals surface area contributed by atoms with Crippen LogP contribution in [0, 0.1) is 6.92 Å². The average Bonchev–Trinajstić information content (AvgIpc) is 3.07. The smallest absolute Gasteiger partial charge is 0.196 e. The molecule has 3 rings (SSSR count). The number of aliphatic hydroxyl groups excluding tert-OH is 1. The maximum Gasteiger partial charge on any atom is 0.196 e. The van der Waals surface area contributed by atoms with Gasteiger partial charge in [-0.3, -0.25) is 4.57 Å². The van der Waals surface area contributed by atoms with Crippen LogP contribution in [0.25, 0.3) is 17.1 Å². The maximum atomic E-state index is 8.78. The van der Waals surface area contributed by atoms with Crippen molar-refractivity contribution in [2.24, 2.45) is 0 Å². The fourth-order valence-corrected chi connectivity index (χ4v) is 3.36. The number of nitrogens with zero attached hydrogens (tertiary/aromatic N) is 3. The molecule has 7 heteroatoms. The molecule has 0 aliphatic carbocycles. The minimum atomic E-state index is 0.0309. The van der Waals surface area contributed by atoms with E-state index in [-0.39, 0.29) is 6.61 Å². The molecule has 0 aliphatic rings. The van der Waals surface area contributed by atoms with Gasteiger partial charge < -0.3 is 9.84 Å². The normalized spacial score (nSPS) is 11.0. The van der Waals surface area contributed by atoms with Gasteiger partial charge in [0.25, 0.3) is 0 Å². The first kappa shape index (κ1) is 18.9. The SMILES string of the molecule is Cc1ccc(-c2nnc(SCCOCCO)n2-c2ccc(Cl)cc2)cc1. The first-order valence-electron chi connectivity index (χ1n) is 8.29. The number of hydrogen-bond acceptors (Lipinski definition) is 5. The van der Waals surface area contributed by atoms with Crippen LogP contribution >= 0.6 is 23.4 Å². The lowest BCUT2D eigenvalue weighted by molar-refractivity contribution is 0.103. The standard InChI is InChI=1S/C19H20ClN3O2S/c1-14-2-4-15(5-3-14)18-21-22-19(26-13-12-25-11-10-24)23(18)17-8-6-16(20)7-9-17/h2-9,24H,10-13H2,1H3. The van der Waals surface area contributed by atoms with Crippen molar-refractivity contribution in [2.45, 2.75) is 12.1 Å². The molecular formula is C19H20ClN3O2S. The monoisotopic (exact) mass is 389 g/mol. The van der Waals surface area contributed by atoms with Crippen LogP contribution in [0.15, 0.2) is 53.7 Å². The minimum absolute atomic E-state index is 0.0309. The van der Waals surface area contributed by atoms with Gasteiger partial charge in [-0.25, -0.2) is 0 Å². The molecule has 0 bridgehead atoms. The van der Waals surface area contributed by atoms with E-state index in [1.54, 1.807) is 11.8 Å². The van der Waals surface area contributed by atoms with E-state index in [2.05, 4.69) is 29.3 Å². The third-order valence-corrected chi connectivity index (χ3v) is 4.87. The highest BCUT2D eigenvalue weighted by molar-refractivity contribution is 7.99. The highest BCUT2D eigenvalue weighted by atomic mass is 35.5. The molecule has 1 aromatic heterocycles.